The number of nitrogens with two attached hydrogens (primary N) is 1. The number of carbonyl (C=O) groups excluding carboxylic acids is 1. The summed E-state index contributed by atoms with van der Waals surface area (Å²) in [7, 11) is 0. The molecule has 2 aromatic carbocycles. The Morgan fingerprint density at radius 1 is 1.07 bits per heavy atom. The van der Waals surface area contributed by atoms with Gasteiger partial charge in [-0.05, 0) is 37.1 Å². The maximum absolute atomic E-state index is 12.6. The Morgan fingerprint density at radius 2 is 1.75 bits per heavy atom. The summed E-state index contributed by atoms with van der Waals surface area (Å²) in [5, 5.41) is 11.2. The molecule has 0 bridgehead atoms. The van der Waals surface area contributed by atoms with Crippen molar-refractivity contribution < 1.29 is 4.79 Å². The maximum Gasteiger partial charge on any atom is 0.319 e. The lowest BCUT2D eigenvalue weighted by molar-refractivity contribution is 0.248. The number of urea groups is 1. The van der Waals surface area contributed by atoms with E-state index in [2.05, 4.69) is 15.7 Å². The smallest absolute Gasteiger partial charge is 0.319 e. The fraction of sp³-hybridized carbons (Fsp3) is 0.238. The zero-order valence-corrected chi connectivity index (χ0v) is 16.1. The number of nitrogen functional groups attached to an aromatic ring is 1. The number of hydrogen-bond acceptors (Lipinski definition) is 3. The molecular weight excluding hydrogens is 374 g/mol. The fourth-order valence-corrected chi connectivity index (χ4v) is 3.66. The van der Waals surface area contributed by atoms with E-state index in [0.717, 1.165) is 36.9 Å². The Hall–Kier alpha value is -2.99. The lowest BCUT2D eigenvalue weighted by Crippen LogP contribution is -2.36. The highest BCUT2D eigenvalue weighted by Crippen LogP contribution is 2.34. The standard InChI is InChI=1S/C21H22ClN5O/c22-15-12-10-14(11-13-15)18-19(25-21(28)24-16-6-4-5-7-16)20(23)27(26-18)17-8-2-1-3-9-17/h1-3,8-13,16H,4-7,23H2,(H2,24,25,28). The van der Waals surface area contributed by atoms with Crippen LogP contribution in [0.5, 0.6) is 0 Å². The van der Waals surface area contributed by atoms with E-state index in [-0.39, 0.29) is 12.1 Å². The van der Waals surface area contributed by atoms with Crippen molar-refractivity contribution in [3.63, 3.8) is 0 Å². The largest absolute Gasteiger partial charge is 0.382 e. The van der Waals surface area contributed by atoms with Crippen LogP contribution in [0, 0.1) is 0 Å². The first kappa shape index (κ1) is 18.4. The van der Waals surface area contributed by atoms with Crippen LogP contribution >= 0.6 is 11.6 Å². The number of nitrogens with one attached hydrogen (secondary N) is 2. The molecule has 0 saturated heterocycles. The molecule has 4 rings (SSSR count). The molecule has 4 N–H and O–H groups in total. The summed E-state index contributed by atoms with van der Waals surface area (Å²) in [5.41, 5.74) is 9.12. The maximum atomic E-state index is 12.6. The Labute approximate surface area is 168 Å². The van der Waals surface area contributed by atoms with Crippen LogP contribution in [0.25, 0.3) is 16.9 Å². The van der Waals surface area contributed by atoms with E-state index in [1.54, 1.807) is 16.8 Å². The highest BCUT2D eigenvalue weighted by molar-refractivity contribution is 6.30. The van der Waals surface area contributed by atoms with Crippen LogP contribution in [0.1, 0.15) is 25.7 Å². The minimum atomic E-state index is -0.263. The van der Waals surface area contributed by atoms with Crippen molar-refractivity contribution in [2.75, 3.05) is 11.1 Å². The Kier molecular flexibility index (Phi) is 5.21. The summed E-state index contributed by atoms with van der Waals surface area (Å²) < 4.78 is 1.63. The van der Waals surface area contributed by atoms with Crippen molar-refractivity contribution >= 4 is 29.1 Å². The van der Waals surface area contributed by atoms with Crippen molar-refractivity contribution in [1.29, 1.82) is 0 Å². The summed E-state index contributed by atoms with van der Waals surface area (Å²) in [6, 6.07) is 16.8. The molecule has 1 saturated carbocycles. The monoisotopic (exact) mass is 395 g/mol. The SMILES string of the molecule is Nc1c(NC(=O)NC2CCCC2)c(-c2ccc(Cl)cc2)nn1-c1ccccc1. The number of nitrogens with zero attached hydrogens (tertiary/aromatic N) is 2. The summed E-state index contributed by atoms with van der Waals surface area (Å²) in [6.07, 6.45) is 4.32. The van der Waals surface area contributed by atoms with Crippen LogP contribution in [0.15, 0.2) is 54.6 Å². The van der Waals surface area contributed by atoms with Crippen LogP contribution in [0.3, 0.4) is 0 Å². The average molecular weight is 396 g/mol. The van der Waals surface area contributed by atoms with Crippen molar-refractivity contribution in [2.45, 2.75) is 31.7 Å². The van der Waals surface area contributed by atoms with Gasteiger partial charge in [0.25, 0.3) is 0 Å². The third kappa shape index (κ3) is 3.82. The number of amides is 2. The second kappa shape index (κ2) is 7.94. The number of benzene rings is 2. The molecule has 6 nitrogen and oxygen atoms in total. The van der Waals surface area contributed by atoms with Crippen molar-refractivity contribution in [1.82, 2.24) is 15.1 Å². The molecule has 3 aromatic rings. The minimum Gasteiger partial charge on any atom is -0.382 e. The number of carbonyl (C=O) groups is 1. The van der Waals surface area contributed by atoms with E-state index in [1.807, 2.05) is 42.5 Å². The van der Waals surface area contributed by atoms with Crippen molar-refractivity contribution in [2.24, 2.45) is 0 Å². The normalized spacial score (nSPS) is 14.2. The minimum absolute atomic E-state index is 0.212. The van der Waals surface area contributed by atoms with Gasteiger partial charge < -0.3 is 16.4 Å². The summed E-state index contributed by atoms with van der Waals surface area (Å²) >= 11 is 6.02. The zero-order chi connectivity index (χ0) is 19.5. The van der Waals surface area contributed by atoms with Gasteiger partial charge in [0, 0.05) is 16.6 Å². The van der Waals surface area contributed by atoms with Crippen LogP contribution in [-0.4, -0.2) is 21.9 Å². The molecule has 1 aliphatic rings. The van der Waals surface area contributed by atoms with E-state index in [9.17, 15) is 4.79 Å². The molecule has 144 valence electrons. The van der Waals surface area contributed by atoms with Crippen LogP contribution in [-0.2, 0) is 0 Å². The molecule has 0 spiro atoms. The molecule has 1 aromatic heterocycles. The zero-order valence-electron chi connectivity index (χ0n) is 15.4. The molecule has 1 aliphatic carbocycles. The van der Waals surface area contributed by atoms with Gasteiger partial charge in [-0.3, -0.25) is 0 Å². The summed E-state index contributed by atoms with van der Waals surface area (Å²) in [6.45, 7) is 0. The second-order valence-electron chi connectivity index (χ2n) is 6.94. The molecule has 28 heavy (non-hydrogen) atoms. The van der Waals surface area contributed by atoms with Crippen molar-refractivity contribution in [3.8, 4) is 16.9 Å². The second-order valence-corrected chi connectivity index (χ2v) is 7.38. The lowest BCUT2D eigenvalue weighted by atomic mass is 10.1. The Morgan fingerprint density at radius 3 is 2.43 bits per heavy atom. The quantitative estimate of drug-likeness (QED) is 0.590. The predicted octanol–water partition coefficient (Wildman–Crippen LogP) is 4.84. The Bertz CT molecular complexity index is 962. The highest BCUT2D eigenvalue weighted by atomic mass is 35.5. The molecule has 0 atom stereocenters. The molecule has 0 unspecified atom stereocenters. The third-order valence-corrected chi connectivity index (χ3v) is 5.22. The number of aromatic nitrogens is 2. The number of halogens is 1. The molecular formula is C21H22ClN5O. The fourth-order valence-electron chi connectivity index (χ4n) is 3.54. The molecule has 1 fully saturated rings. The predicted molar refractivity (Wildman–Crippen MR) is 113 cm³/mol. The van der Waals surface area contributed by atoms with Crippen molar-refractivity contribution in [3.05, 3.63) is 59.6 Å². The highest BCUT2D eigenvalue weighted by Gasteiger charge is 2.22. The molecule has 0 aliphatic heterocycles. The molecule has 1 heterocycles. The van der Waals surface area contributed by atoms with Gasteiger partial charge in [0.15, 0.2) is 5.82 Å². The summed E-state index contributed by atoms with van der Waals surface area (Å²) in [5.74, 6) is 0.373. The van der Waals surface area contributed by atoms with E-state index in [0.29, 0.717) is 22.2 Å². The van der Waals surface area contributed by atoms with E-state index in [4.69, 9.17) is 17.3 Å². The van der Waals surface area contributed by atoms with Gasteiger partial charge >= 0.3 is 6.03 Å². The molecule has 7 heteroatoms. The van der Waals surface area contributed by atoms with Gasteiger partial charge in [-0.2, -0.15) is 5.10 Å². The van der Waals surface area contributed by atoms with E-state index in [1.165, 1.54) is 0 Å². The Balaban J connectivity index is 1.70. The summed E-state index contributed by atoms with van der Waals surface area (Å²) in [4.78, 5) is 12.6. The first-order valence-corrected chi connectivity index (χ1v) is 9.77. The van der Waals surface area contributed by atoms with Gasteiger partial charge in [-0.1, -0.05) is 54.8 Å². The van der Waals surface area contributed by atoms with Crippen LogP contribution in [0.4, 0.5) is 16.3 Å². The number of hydrogen-bond donors (Lipinski definition) is 3. The van der Waals surface area contributed by atoms with E-state index < -0.39 is 0 Å². The molecule has 2 amide bonds. The van der Waals surface area contributed by atoms with E-state index >= 15 is 0 Å². The number of anilines is 2. The van der Waals surface area contributed by atoms with Gasteiger partial charge in [-0.25, -0.2) is 9.48 Å². The van der Waals surface area contributed by atoms with Gasteiger partial charge in [-0.15, -0.1) is 0 Å². The third-order valence-electron chi connectivity index (χ3n) is 4.97. The van der Waals surface area contributed by atoms with Crippen LogP contribution in [0.2, 0.25) is 5.02 Å². The number of rotatable bonds is 4. The van der Waals surface area contributed by atoms with Gasteiger partial charge in [0.05, 0.1) is 5.69 Å². The van der Waals surface area contributed by atoms with Crippen LogP contribution < -0.4 is 16.4 Å². The first-order valence-electron chi connectivity index (χ1n) is 9.39. The van der Waals surface area contributed by atoms with Gasteiger partial charge in [0.2, 0.25) is 0 Å². The number of para-hydroxylation sites is 1. The first-order chi connectivity index (χ1) is 13.6. The molecule has 0 radical (unpaired) electrons. The lowest BCUT2D eigenvalue weighted by Gasteiger charge is -2.13. The van der Waals surface area contributed by atoms with Gasteiger partial charge in [0.1, 0.15) is 11.4 Å². The average Bonchev–Trinajstić information content (AvgIpc) is 3.32. The topological polar surface area (TPSA) is 85.0 Å².